The maximum atomic E-state index is 5.87. The van der Waals surface area contributed by atoms with E-state index in [1.807, 2.05) is 24.9 Å². The van der Waals surface area contributed by atoms with Gasteiger partial charge in [0, 0.05) is 48.6 Å². The van der Waals surface area contributed by atoms with Gasteiger partial charge < -0.3 is 15.0 Å². The molecule has 0 saturated carbocycles. The summed E-state index contributed by atoms with van der Waals surface area (Å²) in [5, 5.41) is 9.40. The van der Waals surface area contributed by atoms with Crippen LogP contribution < -0.4 is 5.32 Å². The molecule has 1 aromatic carbocycles. The average molecular weight is 310 g/mol. The molecule has 1 unspecified atom stereocenters. The van der Waals surface area contributed by atoms with E-state index in [4.69, 9.17) is 4.74 Å². The Labute approximate surface area is 135 Å². The fourth-order valence-electron chi connectivity index (χ4n) is 3.66. The number of aromatic amines is 1. The average Bonchev–Trinajstić information content (AvgIpc) is 3.17. The first kappa shape index (κ1) is 14.5. The number of fused-ring (bicyclic) bond motifs is 3. The number of rotatable bonds is 4. The van der Waals surface area contributed by atoms with Gasteiger partial charge in [-0.25, -0.2) is 0 Å². The van der Waals surface area contributed by atoms with Crippen molar-refractivity contribution in [1.82, 2.24) is 20.1 Å². The van der Waals surface area contributed by atoms with Gasteiger partial charge in [-0.1, -0.05) is 18.2 Å². The molecule has 0 radical (unpaired) electrons. The second-order valence-corrected chi connectivity index (χ2v) is 6.15. The van der Waals surface area contributed by atoms with Gasteiger partial charge in [0.2, 0.25) is 0 Å². The number of hydrogen-bond acceptors (Lipinski definition) is 3. The fourth-order valence-corrected chi connectivity index (χ4v) is 3.66. The number of benzene rings is 1. The summed E-state index contributed by atoms with van der Waals surface area (Å²) in [7, 11) is 1.95. The zero-order chi connectivity index (χ0) is 15.9. The number of nitrogens with one attached hydrogen (secondary N) is 2. The molecule has 0 spiro atoms. The van der Waals surface area contributed by atoms with Crippen LogP contribution in [-0.4, -0.2) is 34.5 Å². The summed E-state index contributed by atoms with van der Waals surface area (Å²) in [5.41, 5.74) is 4.57. The number of ether oxygens (including phenoxy) is 1. The van der Waals surface area contributed by atoms with E-state index in [1.54, 1.807) is 0 Å². The van der Waals surface area contributed by atoms with Crippen LogP contribution in [0.2, 0.25) is 0 Å². The van der Waals surface area contributed by atoms with E-state index in [-0.39, 0.29) is 5.54 Å². The standard InChI is InChI=1S/C18H22N4O/c1-3-23-12-18(13-10-20-22(2)11-13)17-15(8-9-19-18)14-6-4-5-7-16(14)21-17/h4-7,10-11,19,21H,3,8-9,12H2,1-2H3. The van der Waals surface area contributed by atoms with E-state index in [0.717, 1.165) is 18.5 Å². The molecule has 120 valence electrons. The minimum absolute atomic E-state index is 0.364. The molecule has 5 nitrogen and oxygen atoms in total. The predicted octanol–water partition coefficient (Wildman–Crippen LogP) is 2.33. The van der Waals surface area contributed by atoms with E-state index in [1.165, 1.54) is 22.2 Å². The number of aromatic nitrogens is 3. The van der Waals surface area contributed by atoms with Gasteiger partial charge in [0.05, 0.1) is 12.8 Å². The van der Waals surface area contributed by atoms with E-state index in [0.29, 0.717) is 13.2 Å². The Hall–Kier alpha value is -2.11. The largest absolute Gasteiger partial charge is 0.379 e. The Morgan fingerprint density at radius 1 is 1.35 bits per heavy atom. The van der Waals surface area contributed by atoms with Crippen molar-refractivity contribution in [2.45, 2.75) is 18.9 Å². The highest BCUT2D eigenvalue weighted by atomic mass is 16.5. The first-order chi connectivity index (χ1) is 11.2. The van der Waals surface area contributed by atoms with Crippen LogP contribution in [-0.2, 0) is 23.7 Å². The lowest BCUT2D eigenvalue weighted by Gasteiger charge is -2.37. The van der Waals surface area contributed by atoms with Gasteiger partial charge in [0.1, 0.15) is 5.54 Å². The van der Waals surface area contributed by atoms with E-state index >= 15 is 0 Å². The summed E-state index contributed by atoms with van der Waals surface area (Å²) in [5.74, 6) is 0. The number of nitrogens with zero attached hydrogens (tertiary/aromatic N) is 2. The Balaban J connectivity index is 1.94. The zero-order valence-electron chi connectivity index (χ0n) is 13.6. The molecule has 1 aliphatic rings. The highest BCUT2D eigenvalue weighted by Gasteiger charge is 2.41. The quantitative estimate of drug-likeness (QED) is 0.777. The molecule has 0 amide bonds. The molecule has 23 heavy (non-hydrogen) atoms. The predicted molar refractivity (Wildman–Crippen MR) is 90.5 cm³/mol. The summed E-state index contributed by atoms with van der Waals surface area (Å²) in [4.78, 5) is 3.64. The summed E-state index contributed by atoms with van der Waals surface area (Å²) >= 11 is 0. The van der Waals surface area contributed by atoms with Crippen molar-refractivity contribution in [2.24, 2.45) is 7.05 Å². The van der Waals surface area contributed by atoms with Gasteiger partial charge in [0.15, 0.2) is 0 Å². The molecule has 1 atom stereocenters. The molecule has 0 aliphatic carbocycles. The van der Waals surface area contributed by atoms with Crippen molar-refractivity contribution in [3.63, 3.8) is 0 Å². The Bertz CT molecular complexity index is 835. The molecule has 2 aromatic heterocycles. The molecule has 0 saturated heterocycles. The lowest BCUT2D eigenvalue weighted by molar-refractivity contribution is 0.0881. The molecular weight excluding hydrogens is 288 g/mol. The maximum Gasteiger partial charge on any atom is 0.111 e. The molecule has 2 N–H and O–H groups in total. The van der Waals surface area contributed by atoms with Gasteiger partial charge in [-0.3, -0.25) is 4.68 Å². The highest BCUT2D eigenvalue weighted by molar-refractivity contribution is 5.85. The molecule has 3 aromatic rings. The Kier molecular flexibility index (Phi) is 3.47. The molecule has 5 heteroatoms. The van der Waals surface area contributed by atoms with Crippen LogP contribution in [0.4, 0.5) is 0 Å². The second-order valence-electron chi connectivity index (χ2n) is 6.15. The smallest absolute Gasteiger partial charge is 0.111 e. The summed E-state index contributed by atoms with van der Waals surface area (Å²) in [6, 6.07) is 8.52. The third-order valence-corrected chi connectivity index (χ3v) is 4.76. The SMILES string of the molecule is CCOCC1(c2cnn(C)c2)NCCc2c1[nH]c1ccccc21. The van der Waals surface area contributed by atoms with Crippen LogP contribution in [0.25, 0.3) is 10.9 Å². The Morgan fingerprint density at radius 2 is 2.22 bits per heavy atom. The maximum absolute atomic E-state index is 5.87. The molecule has 0 fully saturated rings. The minimum Gasteiger partial charge on any atom is -0.379 e. The monoisotopic (exact) mass is 310 g/mol. The van der Waals surface area contributed by atoms with Crippen molar-refractivity contribution < 1.29 is 4.74 Å². The Morgan fingerprint density at radius 3 is 3.00 bits per heavy atom. The van der Waals surface area contributed by atoms with Crippen LogP contribution in [0.1, 0.15) is 23.7 Å². The van der Waals surface area contributed by atoms with Crippen molar-refractivity contribution in [2.75, 3.05) is 19.8 Å². The molecule has 4 rings (SSSR count). The summed E-state index contributed by atoms with van der Waals surface area (Å²) in [6.07, 6.45) is 5.03. The highest BCUT2D eigenvalue weighted by Crippen LogP contribution is 2.38. The van der Waals surface area contributed by atoms with Crippen molar-refractivity contribution in [1.29, 1.82) is 0 Å². The first-order valence-corrected chi connectivity index (χ1v) is 8.16. The lowest BCUT2D eigenvalue weighted by Crippen LogP contribution is -2.51. The lowest BCUT2D eigenvalue weighted by atomic mass is 9.83. The minimum atomic E-state index is -0.364. The van der Waals surface area contributed by atoms with Crippen molar-refractivity contribution in [3.05, 3.63) is 53.5 Å². The third-order valence-electron chi connectivity index (χ3n) is 4.76. The summed E-state index contributed by atoms with van der Waals surface area (Å²) in [6.45, 7) is 4.25. The van der Waals surface area contributed by atoms with E-state index in [9.17, 15) is 0 Å². The number of H-pyrrole nitrogens is 1. The van der Waals surface area contributed by atoms with Gasteiger partial charge in [-0.15, -0.1) is 0 Å². The van der Waals surface area contributed by atoms with E-state index < -0.39 is 0 Å². The zero-order valence-corrected chi connectivity index (χ0v) is 13.6. The van der Waals surface area contributed by atoms with Crippen LogP contribution >= 0.6 is 0 Å². The van der Waals surface area contributed by atoms with Crippen LogP contribution in [0.5, 0.6) is 0 Å². The first-order valence-electron chi connectivity index (χ1n) is 8.16. The number of aryl methyl sites for hydroxylation is 1. The van der Waals surface area contributed by atoms with Crippen molar-refractivity contribution >= 4 is 10.9 Å². The summed E-state index contributed by atoms with van der Waals surface area (Å²) < 4.78 is 7.72. The molecule has 1 aliphatic heterocycles. The van der Waals surface area contributed by atoms with Gasteiger partial charge in [-0.2, -0.15) is 5.10 Å². The van der Waals surface area contributed by atoms with Crippen molar-refractivity contribution in [3.8, 4) is 0 Å². The van der Waals surface area contributed by atoms with Gasteiger partial charge >= 0.3 is 0 Å². The fraction of sp³-hybridized carbons (Fsp3) is 0.389. The van der Waals surface area contributed by atoms with Crippen LogP contribution in [0.15, 0.2) is 36.7 Å². The number of hydrogen-bond donors (Lipinski definition) is 2. The molecule has 3 heterocycles. The molecule has 0 bridgehead atoms. The second kappa shape index (κ2) is 5.51. The van der Waals surface area contributed by atoms with Gasteiger partial charge in [0.25, 0.3) is 0 Å². The topological polar surface area (TPSA) is 54.9 Å². The van der Waals surface area contributed by atoms with E-state index in [2.05, 4.69) is 45.9 Å². The van der Waals surface area contributed by atoms with Crippen LogP contribution in [0, 0.1) is 0 Å². The van der Waals surface area contributed by atoms with Crippen LogP contribution in [0.3, 0.4) is 0 Å². The normalized spacial score (nSPS) is 20.8. The molecular formula is C18H22N4O. The van der Waals surface area contributed by atoms with Gasteiger partial charge in [-0.05, 0) is 25.0 Å². The third kappa shape index (κ3) is 2.19. The number of para-hydroxylation sites is 1.